The van der Waals surface area contributed by atoms with Gasteiger partial charge in [-0.2, -0.15) is 10.2 Å². The van der Waals surface area contributed by atoms with Crippen molar-refractivity contribution in [1.82, 2.24) is 35.1 Å². The van der Waals surface area contributed by atoms with Gasteiger partial charge in [0.15, 0.2) is 0 Å². The topological polar surface area (TPSA) is 90.2 Å². The van der Waals surface area contributed by atoms with E-state index < -0.39 is 0 Å². The van der Waals surface area contributed by atoms with Crippen LogP contribution >= 0.6 is 0 Å². The van der Waals surface area contributed by atoms with E-state index in [4.69, 9.17) is 0 Å². The first-order valence-electron chi connectivity index (χ1n) is 25.1. The maximum absolute atomic E-state index is 4.18. The lowest BCUT2D eigenvalue weighted by Crippen LogP contribution is -1.88. The molecule has 0 amide bonds. The summed E-state index contributed by atoms with van der Waals surface area (Å²) >= 11 is 0. The lowest BCUT2D eigenvalue weighted by atomic mass is 10.1. The van der Waals surface area contributed by atoms with Crippen LogP contribution in [0.15, 0.2) is 141 Å². The van der Waals surface area contributed by atoms with E-state index in [1.807, 2.05) is 175 Å². The summed E-state index contributed by atoms with van der Waals surface area (Å²) in [5.41, 5.74) is 7.67. The smallest absolute Gasteiger partial charge is 0.0530 e. The molecule has 0 aliphatic heterocycles. The SMILES string of the molecule is C.CC.CC.CC.CC.CC.CC.CC(C)c1ccccn1.CC(C)c1cccnc1.CC(C)c1cccnc1.CC(C)c1cccnc1.CC(C)c1ccncc1.CC(C)c1ccnnc1. The van der Waals surface area contributed by atoms with Crippen LogP contribution in [0.2, 0.25) is 0 Å². The monoisotopic (exact) mass is 924 g/mol. The summed E-state index contributed by atoms with van der Waals surface area (Å²) in [6.45, 7) is 49.9. The molecule has 380 valence electrons. The Bertz CT molecular complexity index is 1350. The Morgan fingerprint density at radius 3 is 0.776 bits per heavy atom. The van der Waals surface area contributed by atoms with Crippen LogP contribution in [-0.4, -0.2) is 35.1 Å². The minimum Gasteiger partial charge on any atom is -0.265 e. The second-order valence-corrected chi connectivity index (χ2v) is 14.5. The van der Waals surface area contributed by atoms with Crippen molar-refractivity contribution in [1.29, 1.82) is 0 Å². The predicted molar refractivity (Wildman–Crippen MR) is 303 cm³/mol. The highest BCUT2D eigenvalue weighted by Crippen LogP contribution is 2.13. The molecule has 67 heavy (non-hydrogen) atoms. The zero-order valence-corrected chi connectivity index (χ0v) is 46.9. The normalized spacial score (nSPS) is 8.69. The Morgan fingerprint density at radius 1 is 0.269 bits per heavy atom. The van der Waals surface area contributed by atoms with Crippen molar-refractivity contribution in [3.63, 3.8) is 0 Å². The van der Waals surface area contributed by atoms with Gasteiger partial charge in [0.05, 0.1) is 6.20 Å². The van der Waals surface area contributed by atoms with Gasteiger partial charge in [0.2, 0.25) is 0 Å². The average Bonchev–Trinajstić information content (AvgIpc) is 3.40. The van der Waals surface area contributed by atoms with Gasteiger partial charge in [0, 0.05) is 67.7 Å². The van der Waals surface area contributed by atoms with Gasteiger partial charge in [0.1, 0.15) is 0 Å². The van der Waals surface area contributed by atoms with Crippen molar-refractivity contribution in [3.05, 3.63) is 174 Å². The first-order chi connectivity index (χ1) is 31.8. The van der Waals surface area contributed by atoms with Crippen LogP contribution in [0.4, 0.5) is 0 Å². The van der Waals surface area contributed by atoms with E-state index in [9.17, 15) is 0 Å². The molecule has 0 saturated carbocycles. The number of nitrogens with zero attached hydrogens (tertiary/aromatic N) is 7. The van der Waals surface area contributed by atoms with Crippen LogP contribution in [0.5, 0.6) is 0 Å². The number of pyridine rings is 5. The second kappa shape index (κ2) is 58.8. The molecule has 0 radical (unpaired) electrons. The molecule has 0 atom stereocenters. The highest BCUT2D eigenvalue weighted by molar-refractivity contribution is 5.15. The molecule has 0 aromatic carbocycles. The summed E-state index contributed by atoms with van der Waals surface area (Å²) in [5, 5.41) is 7.43. The van der Waals surface area contributed by atoms with Crippen molar-refractivity contribution in [2.45, 2.75) is 209 Å². The summed E-state index contributed by atoms with van der Waals surface area (Å²) in [7, 11) is 0. The van der Waals surface area contributed by atoms with E-state index in [2.05, 4.69) is 136 Å². The summed E-state index contributed by atoms with van der Waals surface area (Å²) in [6, 6.07) is 24.3. The molecule has 7 heteroatoms. The number of rotatable bonds is 6. The van der Waals surface area contributed by atoms with E-state index >= 15 is 0 Å². The van der Waals surface area contributed by atoms with Gasteiger partial charge in [-0.15, -0.1) is 0 Å². The minimum atomic E-state index is 0. The molecule has 7 nitrogen and oxygen atoms in total. The quantitative estimate of drug-likeness (QED) is 0.164. The van der Waals surface area contributed by atoms with Gasteiger partial charge < -0.3 is 0 Å². The fourth-order valence-corrected chi connectivity index (χ4v) is 4.26. The molecular formula is C60H105N7. The summed E-state index contributed by atoms with van der Waals surface area (Å²) in [6.07, 6.45) is 20.1. The Morgan fingerprint density at radius 2 is 0.597 bits per heavy atom. The van der Waals surface area contributed by atoms with E-state index in [-0.39, 0.29) is 7.43 Å². The molecule has 6 heterocycles. The largest absolute Gasteiger partial charge is 0.265 e. The standard InChI is InChI=1S/5C8H11N.C7H10N2.6C2H6.CH4/c1-7(2)8-3-5-9-6-4-8;3*1-7(2)8-4-3-5-9-6-8;1-7(2)8-5-3-4-6-9-8;1-6(2)7-3-4-8-9-5-7;6*1-2;/h5*3-7H,1-2H3;3-6H,1-2H3;6*1-2H3;1H4. The molecule has 6 aromatic heterocycles. The number of aromatic nitrogens is 7. The Labute approximate surface area is 417 Å². The third kappa shape index (κ3) is 47.1. The fourth-order valence-electron chi connectivity index (χ4n) is 4.26. The average molecular weight is 925 g/mol. The lowest BCUT2D eigenvalue weighted by Gasteiger charge is -2.01. The Hall–Kier alpha value is -5.17. The summed E-state index contributed by atoms with van der Waals surface area (Å²) in [5.74, 6) is 3.51. The zero-order chi connectivity index (χ0) is 52.1. The van der Waals surface area contributed by atoms with Gasteiger partial charge in [0.25, 0.3) is 0 Å². The first-order valence-corrected chi connectivity index (χ1v) is 25.1. The van der Waals surface area contributed by atoms with Crippen molar-refractivity contribution in [2.75, 3.05) is 0 Å². The summed E-state index contributed by atoms with van der Waals surface area (Å²) < 4.78 is 0. The molecule has 0 aliphatic carbocycles. The van der Waals surface area contributed by atoms with Crippen LogP contribution in [0.1, 0.15) is 243 Å². The molecule has 0 unspecified atom stereocenters. The third-order valence-electron chi connectivity index (χ3n) is 7.98. The predicted octanol–water partition coefficient (Wildman–Crippen LogP) is 19.4. The maximum atomic E-state index is 4.18. The molecule has 0 aliphatic rings. The lowest BCUT2D eigenvalue weighted by molar-refractivity contribution is 0.823. The molecular weight excluding hydrogens is 819 g/mol. The van der Waals surface area contributed by atoms with Crippen LogP contribution in [-0.2, 0) is 0 Å². The van der Waals surface area contributed by atoms with Crippen LogP contribution in [0.25, 0.3) is 0 Å². The van der Waals surface area contributed by atoms with Crippen molar-refractivity contribution < 1.29 is 0 Å². The second-order valence-electron chi connectivity index (χ2n) is 14.5. The van der Waals surface area contributed by atoms with E-state index in [1.54, 1.807) is 31.0 Å². The number of hydrogen-bond acceptors (Lipinski definition) is 7. The first kappa shape index (κ1) is 76.1. The van der Waals surface area contributed by atoms with E-state index in [0.717, 1.165) is 5.69 Å². The molecule has 0 saturated heterocycles. The molecule has 6 rings (SSSR count). The highest BCUT2D eigenvalue weighted by Gasteiger charge is 1.98. The van der Waals surface area contributed by atoms with Crippen molar-refractivity contribution in [3.8, 4) is 0 Å². The van der Waals surface area contributed by atoms with Crippen molar-refractivity contribution in [2.24, 2.45) is 0 Å². The number of hydrogen-bond donors (Lipinski definition) is 0. The highest BCUT2D eigenvalue weighted by atomic mass is 15.1. The van der Waals surface area contributed by atoms with Gasteiger partial charge >= 0.3 is 0 Å². The van der Waals surface area contributed by atoms with Gasteiger partial charge in [-0.05, 0) is 112 Å². The summed E-state index contributed by atoms with van der Waals surface area (Å²) in [4.78, 5) is 20.1. The third-order valence-corrected chi connectivity index (χ3v) is 7.98. The van der Waals surface area contributed by atoms with Gasteiger partial charge in [-0.1, -0.05) is 198 Å². The molecule has 0 spiro atoms. The molecule has 0 fully saturated rings. The Balaban J connectivity index is -0.000000123. The zero-order valence-electron chi connectivity index (χ0n) is 46.9. The van der Waals surface area contributed by atoms with Crippen LogP contribution in [0, 0.1) is 0 Å². The maximum Gasteiger partial charge on any atom is 0.0530 e. The minimum absolute atomic E-state index is 0. The van der Waals surface area contributed by atoms with Crippen LogP contribution in [0.3, 0.4) is 0 Å². The van der Waals surface area contributed by atoms with Crippen molar-refractivity contribution >= 4 is 0 Å². The fraction of sp³-hybridized carbons (Fsp3) is 0.517. The Kier molecular flexibility index (Phi) is 66.8. The van der Waals surface area contributed by atoms with Crippen LogP contribution < -0.4 is 0 Å². The molecule has 0 N–H and O–H groups in total. The molecule has 0 bridgehead atoms. The van der Waals surface area contributed by atoms with Gasteiger partial charge in [-0.3, -0.25) is 24.9 Å². The molecule has 6 aromatic rings. The van der Waals surface area contributed by atoms with E-state index in [0.29, 0.717) is 35.5 Å². The van der Waals surface area contributed by atoms with E-state index in [1.165, 1.54) is 27.8 Å². The van der Waals surface area contributed by atoms with Gasteiger partial charge in [-0.25, -0.2) is 0 Å².